The van der Waals surface area contributed by atoms with Crippen LogP contribution in [0.1, 0.15) is 23.6 Å². The third-order valence-corrected chi connectivity index (χ3v) is 5.73. The monoisotopic (exact) mass is 384 g/mol. The van der Waals surface area contributed by atoms with E-state index in [1.807, 2.05) is 24.3 Å². The van der Waals surface area contributed by atoms with Crippen molar-refractivity contribution in [3.8, 4) is 0 Å². The minimum atomic E-state index is -0.122. The first kappa shape index (κ1) is 18.3. The Morgan fingerprint density at radius 3 is 2.41 bits per heavy atom. The van der Waals surface area contributed by atoms with Gasteiger partial charge in [-0.1, -0.05) is 35.9 Å². The number of carbonyl (C=O) groups excluding carboxylic acids is 1. The van der Waals surface area contributed by atoms with E-state index in [2.05, 4.69) is 51.6 Å². The quantitative estimate of drug-likeness (QED) is 0.854. The van der Waals surface area contributed by atoms with E-state index in [1.165, 1.54) is 16.8 Å². The molecule has 0 aliphatic carbocycles. The number of carbonyl (C=O) groups is 1. The van der Waals surface area contributed by atoms with Crippen LogP contribution in [0.15, 0.2) is 48.5 Å². The number of anilines is 1. The molecule has 0 aromatic heterocycles. The Morgan fingerprint density at radius 2 is 1.70 bits per heavy atom. The lowest BCUT2D eigenvalue weighted by Gasteiger charge is -2.43. The van der Waals surface area contributed by atoms with Crippen LogP contribution < -0.4 is 15.5 Å². The summed E-state index contributed by atoms with van der Waals surface area (Å²) in [6, 6.07) is 16.3. The van der Waals surface area contributed by atoms with Gasteiger partial charge in [-0.2, -0.15) is 0 Å². The first-order chi connectivity index (χ1) is 13.1. The molecule has 0 spiro atoms. The summed E-state index contributed by atoms with van der Waals surface area (Å²) in [5.74, 6) is 0.104. The van der Waals surface area contributed by atoms with Crippen molar-refractivity contribution < 1.29 is 4.79 Å². The number of amides is 1. The molecule has 5 nitrogen and oxygen atoms in total. The topological polar surface area (TPSA) is 47.6 Å². The summed E-state index contributed by atoms with van der Waals surface area (Å²) in [6.07, 6.45) is 0.356. The Bertz CT molecular complexity index is 802. The molecule has 27 heavy (non-hydrogen) atoms. The summed E-state index contributed by atoms with van der Waals surface area (Å²) in [7, 11) is 0. The van der Waals surface area contributed by atoms with Crippen molar-refractivity contribution in [3.05, 3.63) is 64.7 Å². The van der Waals surface area contributed by atoms with Crippen molar-refractivity contribution in [2.75, 3.05) is 31.1 Å². The van der Waals surface area contributed by atoms with Crippen LogP contribution in [0, 0.1) is 6.92 Å². The lowest BCUT2D eigenvalue weighted by molar-refractivity contribution is -0.127. The maximum Gasteiger partial charge on any atom is 0.224 e. The number of benzene rings is 2. The molecule has 2 aromatic carbocycles. The van der Waals surface area contributed by atoms with Crippen LogP contribution in [0.3, 0.4) is 0 Å². The minimum absolute atomic E-state index is 0.0549. The minimum Gasteiger partial charge on any atom is -0.369 e. The number of piperazine rings is 1. The van der Waals surface area contributed by atoms with Gasteiger partial charge in [0.05, 0.1) is 0 Å². The van der Waals surface area contributed by atoms with Crippen molar-refractivity contribution in [2.24, 2.45) is 0 Å². The fourth-order valence-electron chi connectivity index (χ4n) is 3.95. The highest BCUT2D eigenvalue weighted by Crippen LogP contribution is 2.25. The lowest BCUT2D eigenvalue weighted by Crippen LogP contribution is -2.64. The first-order valence-electron chi connectivity index (χ1n) is 9.46. The molecular weight excluding hydrogens is 360 g/mol. The van der Waals surface area contributed by atoms with Crippen molar-refractivity contribution in [1.82, 2.24) is 15.5 Å². The third kappa shape index (κ3) is 4.10. The van der Waals surface area contributed by atoms with E-state index in [0.717, 1.165) is 31.2 Å². The molecule has 2 aromatic rings. The highest BCUT2D eigenvalue weighted by Gasteiger charge is 2.32. The van der Waals surface area contributed by atoms with Crippen molar-refractivity contribution in [1.29, 1.82) is 0 Å². The molecule has 142 valence electrons. The Balaban J connectivity index is 1.41. The maximum atomic E-state index is 12.3. The second-order valence-corrected chi connectivity index (χ2v) is 7.69. The fourth-order valence-corrected chi connectivity index (χ4v) is 4.08. The van der Waals surface area contributed by atoms with Gasteiger partial charge in [-0.25, -0.2) is 0 Å². The molecule has 1 amide bonds. The number of hydrogen-bond acceptors (Lipinski definition) is 4. The van der Waals surface area contributed by atoms with Crippen molar-refractivity contribution in [3.63, 3.8) is 0 Å². The van der Waals surface area contributed by atoms with Crippen molar-refractivity contribution >= 4 is 23.2 Å². The molecule has 2 aliphatic rings. The van der Waals surface area contributed by atoms with Gasteiger partial charge >= 0.3 is 0 Å². The van der Waals surface area contributed by atoms with Gasteiger partial charge in [0, 0.05) is 49.4 Å². The second kappa shape index (κ2) is 7.89. The number of nitrogens with one attached hydrogen (secondary N) is 2. The van der Waals surface area contributed by atoms with Gasteiger partial charge in [0.2, 0.25) is 5.91 Å². The zero-order chi connectivity index (χ0) is 18.8. The number of halogens is 1. The molecule has 0 bridgehead atoms. The number of aryl methyl sites for hydroxylation is 1. The second-order valence-electron chi connectivity index (χ2n) is 7.25. The van der Waals surface area contributed by atoms with E-state index in [4.69, 9.17) is 11.6 Å². The molecule has 0 radical (unpaired) electrons. The molecule has 2 fully saturated rings. The van der Waals surface area contributed by atoms with Gasteiger partial charge in [0.15, 0.2) is 0 Å². The number of hydrogen-bond donors (Lipinski definition) is 2. The van der Waals surface area contributed by atoms with E-state index >= 15 is 0 Å². The molecule has 2 unspecified atom stereocenters. The van der Waals surface area contributed by atoms with Gasteiger partial charge in [-0.05, 0) is 42.3 Å². The number of nitrogens with zero attached hydrogens (tertiary/aromatic N) is 2. The van der Waals surface area contributed by atoms with E-state index in [-0.39, 0.29) is 18.2 Å². The van der Waals surface area contributed by atoms with Crippen LogP contribution in [0.25, 0.3) is 0 Å². The molecular formula is C21H25ClN4O. The van der Waals surface area contributed by atoms with Crippen LogP contribution in [0.4, 0.5) is 5.69 Å². The fraction of sp³-hybridized carbons (Fsp3) is 0.381. The summed E-state index contributed by atoms with van der Waals surface area (Å²) in [5.41, 5.74) is 3.62. The van der Waals surface area contributed by atoms with Crippen LogP contribution in [-0.4, -0.2) is 43.3 Å². The van der Waals surface area contributed by atoms with Crippen LogP contribution in [0.5, 0.6) is 0 Å². The summed E-state index contributed by atoms with van der Waals surface area (Å²) < 4.78 is 0. The standard InChI is InChI=1S/C21H25ClN4O/c1-15-4-2-3-5-18(15)19-14-20(27)24-21(23-19)26-12-10-25(11-13-26)17-8-6-16(22)7-9-17/h2-9,19,21,23H,10-14H2,1H3,(H,24,27). The molecule has 2 atom stereocenters. The van der Waals surface area contributed by atoms with Crippen LogP contribution >= 0.6 is 11.6 Å². The van der Waals surface area contributed by atoms with Crippen LogP contribution in [-0.2, 0) is 4.79 Å². The van der Waals surface area contributed by atoms with Gasteiger partial charge in [-0.15, -0.1) is 0 Å². The molecule has 2 N–H and O–H groups in total. The summed E-state index contributed by atoms with van der Waals surface area (Å²) >= 11 is 5.99. The Morgan fingerprint density at radius 1 is 1.00 bits per heavy atom. The summed E-state index contributed by atoms with van der Waals surface area (Å²) in [4.78, 5) is 17.0. The van der Waals surface area contributed by atoms with E-state index in [1.54, 1.807) is 0 Å². The molecule has 0 saturated carbocycles. The van der Waals surface area contributed by atoms with E-state index in [0.29, 0.717) is 6.42 Å². The predicted molar refractivity (Wildman–Crippen MR) is 109 cm³/mol. The van der Waals surface area contributed by atoms with Gasteiger partial charge in [-0.3, -0.25) is 15.0 Å². The van der Waals surface area contributed by atoms with Crippen molar-refractivity contribution in [2.45, 2.75) is 25.7 Å². The van der Waals surface area contributed by atoms with E-state index < -0.39 is 0 Å². The Hall–Kier alpha value is -2.08. The smallest absolute Gasteiger partial charge is 0.224 e. The average molecular weight is 385 g/mol. The zero-order valence-electron chi connectivity index (χ0n) is 15.5. The Labute approximate surface area is 165 Å². The van der Waals surface area contributed by atoms with E-state index in [9.17, 15) is 4.79 Å². The highest BCUT2D eigenvalue weighted by atomic mass is 35.5. The zero-order valence-corrected chi connectivity index (χ0v) is 16.2. The molecule has 2 saturated heterocycles. The highest BCUT2D eigenvalue weighted by molar-refractivity contribution is 6.30. The third-order valence-electron chi connectivity index (χ3n) is 5.48. The molecule has 4 rings (SSSR count). The summed E-state index contributed by atoms with van der Waals surface area (Å²) in [6.45, 7) is 5.72. The normalized spacial score (nSPS) is 23.9. The largest absolute Gasteiger partial charge is 0.369 e. The molecule has 6 heteroatoms. The first-order valence-corrected chi connectivity index (χ1v) is 9.83. The van der Waals surface area contributed by atoms with Gasteiger partial charge in [0.1, 0.15) is 6.29 Å². The number of rotatable bonds is 3. The van der Waals surface area contributed by atoms with Gasteiger partial charge < -0.3 is 10.2 Å². The lowest BCUT2D eigenvalue weighted by atomic mass is 9.97. The van der Waals surface area contributed by atoms with Gasteiger partial charge in [0.25, 0.3) is 0 Å². The maximum absolute atomic E-state index is 12.3. The van der Waals surface area contributed by atoms with Crippen LogP contribution in [0.2, 0.25) is 5.02 Å². The SMILES string of the molecule is Cc1ccccc1C1CC(=O)NC(N2CCN(c3ccc(Cl)cc3)CC2)N1. The summed E-state index contributed by atoms with van der Waals surface area (Å²) in [5, 5.41) is 7.50. The Kier molecular flexibility index (Phi) is 5.34. The predicted octanol–water partition coefficient (Wildman–Crippen LogP) is 2.90. The average Bonchev–Trinajstić information content (AvgIpc) is 2.69. The molecule has 2 heterocycles. The molecule has 2 aliphatic heterocycles.